The number of amides is 1. The lowest BCUT2D eigenvalue weighted by molar-refractivity contribution is -0.120. The van der Waals surface area contributed by atoms with Gasteiger partial charge in [-0.05, 0) is 37.1 Å². The van der Waals surface area contributed by atoms with Crippen molar-refractivity contribution in [2.24, 2.45) is 0 Å². The standard InChI is InChI=1S/C16H17N3O3/c1-10-5-13(16(21)22)4-3-12(10)6-15(20)18-9-14-8-17-7-11(2)19-14/h3-5,7-8H,6,9H2,1-2H3,(H,18,20)(H,21,22). The first-order chi connectivity index (χ1) is 10.5. The van der Waals surface area contributed by atoms with Crippen molar-refractivity contribution in [3.8, 4) is 0 Å². The molecule has 0 bridgehead atoms. The molecular weight excluding hydrogens is 282 g/mol. The van der Waals surface area contributed by atoms with Crippen LogP contribution in [0.2, 0.25) is 0 Å². The number of nitrogens with zero attached hydrogens (tertiary/aromatic N) is 2. The smallest absolute Gasteiger partial charge is 0.335 e. The van der Waals surface area contributed by atoms with Crippen molar-refractivity contribution in [3.05, 3.63) is 58.7 Å². The molecule has 6 nitrogen and oxygen atoms in total. The summed E-state index contributed by atoms with van der Waals surface area (Å²) >= 11 is 0. The molecule has 0 saturated heterocycles. The first kappa shape index (κ1) is 15.6. The van der Waals surface area contributed by atoms with E-state index in [0.717, 1.165) is 16.8 Å². The summed E-state index contributed by atoms with van der Waals surface area (Å²) < 4.78 is 0. The number of carboxylic acids is 1. The van der Waals surface area contributed by atoms with Crippen molar-refractivity contribution in [1.29, 1.82) is 0 Å². The predicted octanol–water partition coefficient (Wildman–Crippen LogP) is 1.65. The Morgan fingerprint density at radius 2 is 2.00 bits per heavy atom. The van der Waals surface area contributed by atoms with Gasteiger partial charge in [0.05, 0.1) is 36.1 Å². The molecule has 0 aliphatic carbocycles. The largest absolute Gasteiger partial charge is 0.478 e. The van der Waals surface area contributed by atoms with Crippen LogP contribution >= 0.6 is 0 Å². The zero-order valence-electron chi connectivity index (χ0n) is 12.5. The quantitative estimate of drug-likeness (QED) is 0.875. The average molecular weight is 299 g/mol. The van der Waals surface area contributed by atoms with Gasteiger partial charge >= 0.3 is 5.97 Å². The Hall–Kier alpha value is -2.76. The zero-order chi connectivity index (χ0) is 16.1. The summed E-state index contributed by atoms with van der Waals surface area (Å²) in [4.78, 5) is 31.1. The number of carboxylic acid groups (broad SMARTS) is 1. The van der Waals surface area contributed by atoms with Gasteiger partial charge in [-0.3, -0.25) is 14.8 Å². The number of hydrogen-bond donors (Lipinski definition) is 2. The number of hydrogen-bond acceptors (Lipinski definition) is 4. The summed E-state index contributed by atoms with van der Waals surface area (Å²) in [5, 5.41) is 11.7. The van der Waals surface area contributed by atoms with E-state index in [-0.39, 0.29) is 17.9 Å². The van der Waals surface area contributed by atoms with Crippen LogP contribution in [0.15, 0.2) is 30.6 Å². The van der Waals surface area contributed by atoms with Crippen LogP contribution in [0.3, 0.4) is 0 Å². The Morgan fingerprint density at radius 3 is 2.64 bits per heavy atom. The van der Waals surface area contributed by atoms with Crippen molar-refractivity contribution >= 4 is 11.9 Å². The van der Waals surface area contributed by atoms with Gasteiger partial charge in [0.25, 0.3) is 0 Å². The Bertz CT molecular complexity index is 714. The molecule has 0 unspecified atom stereocenters. The highest BCUT2D eigenvalue weighted by Gasteiger charge is 2.09. The number of aryl methyl sites for hydroxylation is 2. The molecule has 0 atom stereocenters. The molecule has 0 saturated carbocycles. The Kier molecular flexibility index (Phi) is 4.83. The van der Waals surface area contributed by atoms with Gasteiger partial charge in [0.2, 0.25) is 5.91 Å². The maximum atomic E-state index is 12.0. The maximum absolute atomic E-state index is 12.0. The predicted molar refractivity (Wildman–Crippen MR) is 80.5 cm³/mol. The molecule has 6 heteroatoms. The third-order valence-corrected chi connectivity index (χ3v) is 3.21. The van der Waals surface area contributed by atoms with Crippen molar-refractivity contribution in [3.63, 3.8) is 0 Å². The van der Waals surface area contributed by atoms with Gasteiger partial charge in [0.15, 0.2) is 0 Å². The number of aromatic nitrogens is 2. The van der Waals surface area contributed by atoms with Gasteiger partial charge in [-0.25, -0.2) is 4.79 Å². The fourth-order valence-corrected chi connectivity index (χ4v) is 2.05. The number of rotatable bonds is 5. The van der Waals surface area contributed by atoms with Gasteiger partial charge in [0.1, 0.15) is 0 Å². The van der Waals surface area contributed by atoms with Crippen LogP contribution in [0.25, 0.3) is 0 Å². The number of carbonyl (C=O) groups excluding carboxylic acids is 1. The molecular formula is C16H17N3O3. The number of nitrogens with one attached hydrogen (secondary N) is 1. The van der Waals surface area contributed by atoms with E-state index in [2.05, 4.69) is 15.3 Å². The molecule has 1 aromatic carbocycles. The van der Waals surface area contributed by atoms with Gasteiger partial charge in [-0.2, -0.15) is 0 Å². The van der Waals surface area contributed by atoms with Crippen LogP contribution in [0, 0.1) is 13.8 Å². The second-order valence-corrected chi connectivity index (χ2v) is 5.05. The summed E-state index contributed by atoms with van der Waals surface area (Å²) in [6, 6.07) is 4.74. The van der Waals surface area contributed by atoms with Gasteiger partial charge in [0, 0.05) is 6.20 Å². The van der Waals surface area contributed by atoms with Crippen LogP contribution in [0.4, 0.5) is 0 Å². The van der Waals surface area contributed by atoms with Gasteiger partial charge < -0.3 is 10.4 Å². The fraction of sp³-hybridized carbons (Fsp3) is 0.250. The van der Waals surface area contributed by atoms with Gasteiger partial charge in [-0.1, -0.05) is 6.07 Å². The van der Waals surface area contributed by atoms with E-state index >= 15 is 0 Å². The molecule has 2 rings (SSSR count). The van der Waals surface area contributed by atoms with Crippen molar-refractivity contribution in [2.45, 2.75) is 26.8 Å². The summed E-state index contributed by atoms with van der Waals surface area (Å²) in [5.41, 5.74) is 3.30. The summed E-state index contributed by atoms with van der Waals surface area (Å²) in [7, 11) is 0. The minimum absolute atomic E-state index is 0.144. The summed E-state index contributed by atoms with van der Waals surface area (Å²) in [6.07, 6.45) is 3.46. The third kappa shape index (κ3) is 4.12. The van der Waals surface area contributed by atoms with E-state index < -0.39 is 5.97 Å². The molecule has 0 fully saturated rings. The Labute approximate surface area is 128 Å². The van der Waals surface area contributed by atoms with E-state index in [1.54, 1.807) is 31.5 Å². The highest BCUT2D eigenvalue weighted by atomic mass is 16.4. The first-order valence-corrected chi connectivity index (χ1v) is 6.83. The van der Waals surface area contributed by atoms with Crippen LogP contribution < -0.4 is 5.32 Å². The number of benzene rings is 1. The lowest BCUT2D eigenvalue weighted by Crippen LogP contribution is -2.25. The van der Waals surface area contributed by atoms with Crippen molar-refractivity contribution < 1.29 is 14.7 Å². The molecule has 0 aliphatic rings. The normalized spacial score (nSPS) is 10.3. The highest BCUT2D eigenvalue weighted by Crippen LogP contribution is 2.12. The summed E-state index contributed by atoms with van der Waals surface area (Å²) in [6.45, 7) is 3.95. The highest BCUT2D eigenvalue weighted by molar-refractivity contribution is 5.88. The Morgan fingerprint density at radius 1 is 1.23 bits per heavy atom. The molecule has 22 heavy (non-hydrogen) atoms. The topological polar surface area (TPSA) is 92.2 Å². The van der Waals surface area contributed by atoms with Crippen LogP contribution in [-0.4, -0.2) is 27.0 Å². The lowest BCUT2D eigenvalue weighted by Gasteiger charge is -2.08. The zero-order valence-corrected chi connectivity index (χ0v) is 12.5. The fourth-order valence-electron chi connectivity index (χ4n) is 2.05. The van der Waals surface area contributed by atoms with E-state index in [4.69, 9.17) is 5.11 Å². The van der Waals surface area contributed by atoms with E-state index in [9.17, 15) is 9.59 Å². The monoisotopic (exact) mass is 299 g/mol. The molecule has 0 radical (unpaired) electrons. The molecule has 1 heterocycles. The molecule has 114 valence electrons. The van der Waals surface area contributed by atoms with Crippen molar-refractivity contribution in [1.82, 2.24) is 15.3 Å². The molecule has 1 amide bonds. The van der Waals surface area contributed by atoms with E-state index in [1.165, 1.54) is 6.07 Å². The molecule has 1 aromatic heterocycles. The van der Waals surface area contributed by atoms with Crippen LogP contribution in [-0.2, 0) is 17.8 Å². The second kappa shape index (κ2) is 6.80. The average Bonchev–Trinajstić information content (AvgIpc) is 2.47. The number of aromatic carboxylic acids is 1. The molecule has 0 aliphatic heterocycles. The Balaban J connectivity index is 1.96. The minimum atomic E-state index is -0.975. The molecule has 2 aromatic rings. The molecule has 2 N–H and O–H groups in total. The van der Waals surface area contributed by atoms with E-state index in [0.29, 0.717) is 12.2 Å². The number of carbonyl (C=O) groups is 2. The van der Waals surface area contributed by atoms with Crippen LogP contribution in [0.1, 0.15) is 32.9 Å². The molecule has 0 spiro atoms. The minimum Gasteiger partial charge on any atom is -0.478 e. The SMILES string of the molecule is Cc1cncc(CNC(=O)Cc2ccc(C(=O)O)cc2C)n1. The maximum Gasteiger partial charge on any atom is 0.335 e. The second-order valence-electron chi connectivity index (χ2n) is 5.05. The first-order valence-electron chi connectivity index (χ1n) is 6.83. The lowest BCUT2D eigenvalue weighted by atomic mass is 10.0. The van der Waals surface area contributed by atoms with Crippen molar-refractivity contribution in [2.75, 3.05) is 0 Å². The van der Waals surface area contributed by atoms with Crippen LogP contribution in [0.5, 0.6) is 0 Å². The van der Waals surface area contributed by atoms with Gasteiger partial charge in [-0.15, -0.1) is 0 Å². The van der Waals surface area contributed by atoms with E-state index in [1.807, 2.05) is 6.92 Å². The summed E-state index contributed by atoms with van der Waals surface area (Å²) in [5.74, 6) is -1.12. The third-order valence-electron chi connectivity index (χ3n) is 3.21.